The second-order valence-corrected chi connectivity index (χ2v) is 7.01. The first-order chi connectivity index (χ1) is 13.1. The van der Waals surface area contributed by atoms with Crippen LogP contribution in [0.25, 0.3) is 11.5 Å². The SMILES string of the molecule is CC[C@@H](NC(=O)CSc1nnc(-c2ccccc2F)o1)c1ccc(C)cc1. The van der Waals surface area contributed by atoms with Gasteiger partial charge in [-0.25, -0.2) is 4.39 Å². The fourth-order valence-corrected chi connectivity index (χ4v) is 3.17. The predicted molar refractivity (Wildman–Crippen MR) is 103 cm³/mol. The third-order valence-electron chi connectivity index (χ3n) is 4.06. The molecule has 1 aromatic heterocycles. The Morgan fingerprint density at radius 1 is 1.19 bits per heavy atom. The molecule has 3 rings (SSSR count). The van der Waals surface area contributed by atoms with Crippen LogP contribution in [0.4, 0.5) is 4.39 Å². The van der Waals surface area contributed by atoms with E-state index in [4.69, 9.17) is 4.42 Å². The van der Waals surface area contributed by atoms with Crippen molar-refractivity contribution < 1.29 is 13.6 Å². The molecule has 7 heteroatoms. The van der Waals surface area contributed by atoms with Crippen LogP contribution in [0.15, 0.2) is 58.2 Å². The highest BCUT2D eigenvalue weighted by atomic mass is 32.2. The average molecular weight is 385 g/mol. The van der Waals surface area contributed by atoms with Gasteiger partial charge in [0.05, 0.1) is 17.4 Å². The van der Waals surface area contributed by atoms with E-state index in [0.717, 1.165) is 23.7 Å². The lowest BCUT2D eigenvalue weighted by Crippen LogP contribution is -2.29. The van der Waals surface area contributed by atoms with Gasteiger partial charge in [-0.3, -0.25) is 4.79 Å². The fraction of sp³-hybridized carbons (Fsp3) is 0.250. The van der Waals surface area contributed by atoms with Crippen LogP contribution in [0.3, 0.4) is 0 Å². The Bertz CT molecular complexity index is 912. The summed E-state index contributed by atoms with van der Waals surface area (Å²) in [7, 11) is 0. The van der Waals surface area contributed by atoms with Crippen molar-refractivity contribution in [1.29, 1.82) is 0 Å². The summed E-state index contributed by atoms with van der Waals surface area (Å²) < 4.78 is 19.2. The minimum absolute atomic E-state index is 0.0460. The van der Waals surface area contributed by atoms with Crippen molar-refractivity contribution in [2.75, 3.05) is 5.75 Å². The van der Waals surface area contributed by atoms with Crippen molar-refractivity contribution in [3.8, 4) is 11.5 Å². The van der Waals surface area contributed by atoms with Gasteiger partial charge in [0.1, 0.15) is 5.82 Å². The van der Waals surface area contributed by atoms with Crippen LogP contribution in [0.5, 0.6) is 0 Å². The molecule has 1 heterocycles. The first kappa shape index (κ1) is 19.1. The third kappa shape index (κ3) is 4.95. The smallest absolute Gasteiger partial charge is 0.277 e. The summed E-state index contributed by atoms with van der Waals surface area (Å²) in [6.45, 7) is 4.05. The molecular formula is C20H20FN3O2S. The number of aromatic nitrogens is 2. The minimum Gasteiger partial charge on any atom is -0.411 e. The summed E-state index contributed by atoms with van der Waals surface area (Å²) in [4.78, 5) is 12.3. The zero-order chi connectivity index (χ0) is 19.2. The Kier molecular flexibility index (Phi) is 6.24. The molecule has 0 saturated carbocycles. The molecule has 1 atom stereocenters. The molecule has 0 aliphatic carbocycles. The van der Waals surface area contributed by atoms with E-state index in [2.05, 4.69) is 15.5 Å². The van der Waals surface area contributed by atoms with Gasteiger partial charge < -0.3 is 9.73 Å². The molecule has 0 fully saturated rings. The number of carbonyl (C=O) groups is 1. The second-order valence-electron chi connectivity index (χ2n) is 6.08. The van der Waals surface area contributed by atoms with Gasteiger partial charge in [0.25, 0.3) is 11.1 Å². The number of nitrogens with zero attached hydrogens (tertiary/aromatic N) is 2. The summed E-state index contributed by atoms with van der Waals surface area (Å²) in [6.07, 6.45) is 0.789. The normalized spacial score (nSPS) is 12.0. The van der Waals surface area contributed by atoms with Crippen LogP contribution in [0.2, 0.25) is 0 Å². The van der Waals surface area contributed by atoms with Crippen LogP contribution >= 0.6 is 11.8 Å². The Hall–Kier alpha value is -2.67. The molecule has 0 saturated heterocycles. The van der Waals surface area contributed by atoms with Crippen LogP contribution in [0, 0.1) is 12.7 Å². The van der Waals surface area contributed by atoms with Gasteiger partial charge in [0, 0.05) is 0 Å². The number of aryl methyl sites for hydroxylation is 1. The molecule has 3 aromatic rings. The maximum absolute atomic E-state index is 13.8. The summed E-state index contributed by atoms with van der Waals surface area (Å²) >= 11 is 1.13. The third-order valence-corrected chi connectivity index (χ3v) is 4.88. The first-order valence-electron chi connectivity index (χ1n) is 8.64. The van der Waals surface area contributed by atoms with Gasteiger partial charge in [-0.1, -0.05) is 60.6 Å². The lowest BCUT2D eigenvalue weighted by molar-refractivity contribution is -0.119. The molecule has 2 aromatic carbocycles. The Labute approximate surface area is 161 Å². The molecule has 140 valence electrons. The van der Waals surface area contributed by atoms with E-state index in [1.165, 1.54) is 11.6 Å². The van der Waals surface area contributed by atoms with Gasteiger partial charge in [-0.05, 0) is 31.0 Å². The quantitative estimate of drug-likeness (QED) is 0.605. The standard InChI is InChI=1S/C20H20FN3O2S/c1-3-17(14-10-8-13(2)9-11-14)22-18(25)12-27-20-24-23-19(26-20)15-6-4-5-7-16(15)21/h4-11,17H,3,12H2,1-2H3,(H,22,25)/t17-/m1/s1. The van der Waals surface area contributed by atoms with Crippen LogP contribution in [0.1, 0.15) is 30.5 Å². The van der Waals surface area contributed by atoms with Gasteiger partial charge >= 0.3 is 0 Å². The van der Waals surface area contributed by atoms with Crippen molar-refractivity contribution in [2.24, 2.45) is 0 Å². The number of rotatable bonds is 7. The highest BCUT2D eigenvalue weighted by molar-refractivity contribution is 7.99. The Balaban J connectivity index is 1.57. The monoisotopic (exact) mass is 385 g/mol. The number of nitrogens with one attached hydrogen (secondary N) is 1. The molecule has 0 spiro atoms. The number of halogens is 1. The van der Waals surface area contributed by atoms with Gasteiger partial charge in [0.15, 0.2) is 0 Å². The summed E-state index contributed by atoms with van der Waals surface area (Å²) in [5.74, 6) is -0.319. The maximum atomic E-state index is 13.8. The van der Waals surface area contributed by atoms with Crippen molar-refractivity contribution >= 4 is 17.7 Å². The molecule has 0 radical (unpaired) electrons. The van der Waals surface area contributed by atoms with E-state index >= 15 is 0 Å². The number of amides is 1. The van der Waals surface area contributed by atoms with Crippen LogP contribution < -0.4 is 5.32 Å². The van der Waals surface area contributed by atoms with Gasteiger partial charge in [0.2, 0.25) is 5.91 Å². The summed E-state index contributed by atoms with van der Waals surface area (Å²) in [5.41, 5.74) is 2.49. The molecule has 0 unspecified atom stereocenters. The minimum atomic E-state index is -0.431. The zero-order valence-electron chi connectivity index (χ0n) is 15.1. The largest absolute Gasteiger partial charge is 0.411 e. The van der Waals surface area contributed by atoms with E-state index in [1.54, 1.807) is 18.2 Å². The lowest BCUT2D eigenvalue weighted by atomic mass is 10.0. The molecule has 0 aliphatic heterocycles. The molecule has 1 N–H and O–H groups in total. The highest BCUT2D eigenvalue weighted by Gasteiger charge is 2.16. The number of carbonyl (C=O) groups excluding carboxylic acids is 1. The Morgan fingerprint density at radius 3 is 2.63 bits per heavy atom. The van der Waals surface area contributed by atoms with Crippen LogP contribution in [-0.4, -0.2) is 21.9 Å². The molecule has 5 nitrogen and oxygen atoms in total. The summed E-state index contributed by atoms with van der Waals surface area (Å²) in [5, 5.41) is 11.0. The van der Waals surface area contributed by atoms with Crippen LogP contribution in [-0.2, 0) is 4.79 Å². The van der Waals surface area contributed by atoms with Crippen molar-refractivity contribution in [3.05, 3.63) is 65.5 Å². The first-order valence-corrected chi connectivity index (χ1v) is 9.62. The highest BCUT2D eigenvalue weighted by Crippen LogP contribution is 2.25. The number of benzene rings is 2. The molecule has 27 heavy (non-hydrogen) atoms. The van der Waals surface area contributed by atoms with Crippen molar-refractivity contribution in [2.45, 2.75) is 31.5 Å². The van der Waals surface area contributed by atoms with E-state index in [9.17, 15) is 9.18 Å². The van der Waals surface area contributed by atoms with Crippen molar-refractivity contribution in [3.63, 3.8) is 0 Å². The van der Waals surface area contributed by atoms with E-state index < -0.39 is 5.82 Å². The zero-order valence-corrected chi connectivity index (χ0v) is 15.9. The number of thioether (sulfide) groups is 1. The predicted octanol–water partition coefficient (Wildman–Crippen LogP) is 4.54. The Morgan fingerprint density at radius 2 is 1.93 bits per heavy atom. The lowest BCUT2D eigenvalue weighted by Gasteiger charge is -2.17. The maximum Gasteiger partial charge on any atom is 0.277 e. The van der Waals surface area contributed by atoms with Crippen molar-refractivity contribution in [1.82, 2.24) is 15.5 Å². The number of hydrogen-bond donors (Lipinski definition) is 1. The topological polar surface area (TPSA) is 68.0 Å². The molecule has 1 amide bonds. The average Bonchev–Trinajstić information content (AvgIpc) is 3.14. The van der Waals surface area contributed by atoms with Gasteiger partial charge in [-0.15, -0.1) is 10.2 Å². The van der Waals surface area contributed by atoms with E-state index in [0.29, 0.717) is 0 Å². The molecule has 0 aliphatic rings. The van der Waals surface area contributed by atoms with Gasteiger partial charge in [-0.2, -0.15) is 0 Å². The summed E-state index contributed by atoms with van der Waals surface area (Å²) in [6, 6.07) is 14.2. The number of hydrogen-bond acceptors (Lipinski definition) is 5. The molecular weight excluding hydrogens is 365 g/mol. The second kappa shape index (κ2) is 8.81. The van der Waals surface area contributed by atoms with E-state index in [1.807, 2.05) is 38.1 Å². The van der Waals surface area contributed by atoms with E-state index in [-0.39, 0.29) is 34.4 Å². The molecule has 0 bridgehead atoms. The fourth-order valence-electron chi connectivity index (χ4n) is 2.59.